The lowest BCUT2D eigenvalue weighted by Gasteiger charge is -2.08. The zero-order valence-electron chi connectivity index (χ0n) is 12.4. The van der Waals surface area contributed by atoms with E-state index >= 15 is 0 Å². The monoisotopic (exact) mass is 318 g/mol. The third-order valence-electron chi connectivity index (χ3n) is 3.17. The number of carbonyl (C=O) groups excluding carboxylic acids is 1. The number of nitrogens with one attached hydrogen (secondary N) is 2. The highest BCUT2D eigenvalue weighted by molar-refractivity contribution is 6.30. The molecule has 2 aromatic carbocycles. The highest BCUT2D eigenvalue weighted by Crippen LogP contribution is 2.14. The number of amides is 2. The number of methoxy groups -OCH3 is 1. The van der Waals surface area contributed by atoms with Crippen molar-refractivity contribution in [3.05, 3.63) is 59.1 Å². The number of anilines is 1. The molecule has 22 heavy (non-hydrogen) atoms. The fourth-order valence-corrected chi connectivity index (χ4v) is 2.22. The summed E-state index contributed by atoms with van der Waals surface area (Å²) in [7, 11) is 1.65. The SMILES string of the molecule is COc1ccc(CCCNC(=O)Nc2cccc(Cl)c2)cc1. The van der Waals surface area contributed by atoms with Gasteiger partial charge in [0.25, 0.3) is 0 Å². The van der Waals surface area contributed by atoms with Gasteiger partial charge in [0, 0.05) is 17.3 Å². The van der Waals surface area contributed by atoms with Crippen LogP contribution in [0.1, 0.15) is 12.0 Å². The zero-order chi connectivity index (χ0) is 15.8. The molecule has 0 bridgehead atoms. The number of halogens is 1. The zero-order valence-corrected chi connectivity index (χ0v) is 13.2. The summed E-state index contributed by atoms with van der Waals surface area (Å²) in [6, 6.07) is 14.8. The molecule has 2 amide bonds. The van der Waals surface area contributed by atoms with Gasteiger partial charge in [0.1, 0.15) is 5.75 Å². The van der Waals surface area contributed by atoms with E-state index in [2.05, 4.69) is 10.6 Å². The van der Waals surface area contributed by atoms with Gasteiger partial charge in [0.15, 0.2) is 0 Å². The Balaban J connectivity index is 1.68. The van der Waals surface area contributed by atoms with E-state index in [0.717, 1.165) is 18.6 Å². The topological polar surface area (TPSA) is 50.4 Å². The Morgan fingerprint density at radius 3 is 2.64 bits per heavy atom. The van der Waals surface area contributed by atoms with Gasteiger partial charge in [-0.2, -0.15) is 0 Å². The van der Waals surface area contributed by atoms with Crippen LogP contribution in [-0.2, 0) is 6.42 Å². The van der Waals surface area contributed by atoms with Gasteiger partial charge in [-0.05, 0) is 48.7 Å². The minimum absolute atomic E-state index is 0.225. The number of benzene rings is 2. The van der Waals surface area contributed by atoms with Crippen LogP contribution in [-0.4, -0.2) is 19.7 Å². The van der Waals surface area contributed by atoms with E-state index < -0.39 is 0 Å². The van der Waals surface area contributed by atoms with Crippen molar-refractivity contribution in [3.8, 4) is 5.75 Å². The van der Waals surface area contributed by atoms with Gasteiger partial charge in [-0.1, -0.05) is 29.8 Å². The summed E-state index contributed by atoms with van der Waals surface area (Å²) >= 11 is 5.86. The van der Waals surface area contributed by atoms with Gasteiger partial charge in [0.2, 0.25) is 0 Å². The molecule has 2 rings (SSSR count). The van der Waals surface area contributed by atoms with Crippen molar-refractivity contribution >= 4 is 23.3 Å². The van der Waals surface area contributed by atoms with Crippen molar-refractivity contribution in [2.75, 3.05) is 19.0 Å². The maximum Gasteiger partial charge on any atom is 0.319 e. The van der Waals surface area contributed by atoms with Crippen LogP contribution in [0, 0.1) is 0 Å². The van der Waals surface area contributed by atoms with E-state index in [4.69, 9.17) is 16.3 Å². The van der Waals surface area contributed by atoms with Gasteiger partial charge in [-0.3, -0.25) is 0 Å². The Bertz CT molecular complexity index is 614. The second-order valence-electron chi connectivity index (χ2n) is 4.84. The summed E-state index contributed by atoms with van der Waals surface area (Å²) in [5.74, 6) is 0.850. The smallest absolute Gasteiger partial charge is 0.319 e. The second-order valence-corrected chi connectivity index (χ2v) is 5.28. The van der Waals surface area contributed by atoms with Gasteiger partial charge in [-0.25, -0.2) is 4.79 Å². The first-order valence-electron chi connectivity index (χ1n) is 7.11. The highest BCUT2D eigenvalue weighted by Gasteiger charge is 2.01. The number of carbonyl (C=O) groups is 1. The Morgan fingerprint density at radius 2 is 1.95 bits per heavy atom. The predicted octanol–water partition coefficient (Wildman–Crippen LogP) is 4.10. The molecule has 0 aromatic heterocycles. The van der Waals surface area contributed by atoms with Crippen molar-refractivity contribution in [2.45, 2.75) is 12.8 Å². The van der Waals surface area contributed by atoms with Crippen LogP contribution < -0.4 is 15.4 Å². The van der Waals surface area contributed by atoms with Crippen molar-refractivity contribution in [1.82, 2.24) is 5.32 Å². The molecule has 5 heteroatoms. The minimum Gasteiger partial charge on any atom is -0.497 e. The molecular weight excluding hydrogens is 300 g/mol. The van der Waals surface area contributed by atoms with E-state index in [1.165, 1.54) is 5.56 Å². The molecule has 0 radical (unpaired) electrons. The van der Waals surface area contributed by atoms with Crippen molar-refractivity contribution in [1.29, 1.82) is 0 Å². The second kappa shape index (κ2) is 8.29. The summed E-state index contributed by atoms with van der Waals surface area (Å²) in [4.78, 5) is 11.7. The Labute approximate surface area is 135 Å². The molecule has 0 saturated carbocycles. The van der Waals surface area contributed by atoms with Crippen LogP contribution in [0.15, 0.2) is 48.5 Å². The average molecular weight is 319 g/mol. The van der Waals surface area contributed by atoms with E-state index in [1.807, 2.05) is 24.3 Å². The number of hydrogen-bond donors (Lipinski definition) is 2. The van der Waals surface area contributed by atoms with Crippen LogP contribution in [0.3, 0.4) is 0 Å². The molecule has 2 N–H and O–H groups in total. The lowest BCUT2D eigenvalue weighted by Crippen LogP contribution is -2.29. The lowest BCUT2D eigenvalue weighted by molar-refractivity contribution is 0.252. The van der Waals surface area contributed by atoms with Crippen LogP contribution in [0.25, 0.3) is 0 Å². The molecule has 2 aromatic rings. The van der Waals surface area contributed by atoms with Crippen molar-refractivity contribution in [3.63, 3.8) is 0 Å². The molecule has 0 aliphatic carbocycles. The molecule has 0 aliphatic heterocycles. The molecular formula is C17H19ClN2O2. The largest absolute Gasteiger partial charge is 0.497 e. The lowest BCUT2D eigenvalue weighted by atomic mass is 10.1. The molecule has 0 saturated heterocycles. The van der Waals surface area contributed by atoms with Gasteiger partial charge >= 0.3 is 6.03 Å². The molecule has 116 valence electrons. The first kappa shape index (κ1) is 16.2. The molecule has 0 atom stereocenters. The van der Waals surface area contributed by atoms with Gasteiger partial charge in [-0.15, -0.1) is 0 Å². The molecule has 0 unspecified atom stereocenters. The third kappa shape index (κ3) is 5.30. The first-order chi connectivity index (χ1) is 10.7. The average Bonchev–Trinajstić information content (AvgIpc) is 2.52. The summed E-state index contributed by atoms with van der Waals surface area (Å²) in [6.07, 6.45) is 1.77. The van der Waals surface area contributed by atoms with Crippen LogP contribution in [0.5, 0.6) is 5.75 Å². The van der Waals surface area contributed by atoms with Crippen LogP contribution >= 0.6 is 11.6 Å². The maximum atomic E-state index is 11.7. The summed E-state index contributed by atoms with van der Waals surface area (Å²) < 4.78 is 5.12. The van der Waals surface area contributed by atoms with E-state index in [0.29, 0.717) is 17.3 Å². The van der Waals surface area contributed by atoms with Gasteiger partial charge < -0.3 is 15.4 Å². The Hall–Kier alpha value is -2.20. The number of ether oxygens (including phenoxy) is 1. The molecule has 0 aliphatic rings. The normalized spacial score (nSPS) is 10.1. The first-order valence-corrected chi connectivity index (χ1v) is 7.48. The highest BCUT2D eigenvalue weighted by atomic mass is 35.5. The fourth-order valence-electron chi connectivity index (χ4n) is 2.03. The Morgan fingerprint density at radius 1 is 1.18 bits per heavy atom. The van der Waals surface area contributed by atoms with E-state index in [9.17, 15) is 4.79 Å². The number of hydrogen-bond acceptors (Lipinski definition) is 2. The van der Waals surface area contributed by atoms with Crippen LogP contribution in [0.2, 0.25) is 5.02 Å². The van der Waals surface area contributed by atoms with Crippen LogP contribution in [0.4, 0.5) is 10.5 Å². The molecule has 0 heterocycles. The van der Waals surface area contributed by atoms with E-state index in [-0.39, 0.29) is 6.03 Å². The Kier molecular flexibility index (Phi) is 6.10. The predicted molar refractivity (Wildman–Crippen MR) is 89.8 cm³/mol. The van der Waals surface area contributed by atoms with Gasteiger partial charge in [0.05, 0.1) is 7.11 Å². The van der Waals surface area contributed by atoms with Crippen molar-refractivity contribution < 1.29 is 9.53 Å². The van der Waals surface area contributed by atoms with Crippen molar-refractivity contribution in [2.24, 2.45) is 0 Å². The van der Waals surface area contributed by atoms with E-state index in [1.54, 1.807) is 31.4 Å². The minimum atomic E-state index is -0.225. The number of urea groups is 1. The molecule has 0 spiro atoms. The summed E-state index contributed by atoms with van der Waals surface area (Å²) in [5, 5.41) is 6.17. The quantitative estimate of drug-likeness (QED) is 0.788. The standard InChI is InChI=1S/C17H19ClN2O2/c1-22-16-9-7-13(8-10-16)4-3-11-19-17(21)20-15-6-2-5-14(18)12-15/h2,5-10,12H,3-4,11H2,1H3,(H2,19,20,21). The molecule has 0 fully saturated rings. The third-order valence-corrected chi connectivity index (χ3v) is 3.40. The molecule has 4 nitrogen and oxygen atoms in total. The fraction of sp³-hybridized carbons (Fsp3) is 0.235. The number of rotatable bonds is 6. The summed E-state index contributed by atoms with van der Waals surface area (Å²) in [6.45, 7) is 0.610. The number of aryl methyl sites for hydroxylation is 1. The summed E-state index contributed by atoms with van der Waals surface area (Å²) in [5.41, 5.74) is 1.90. The maximum absolute atomic E-state index is 11.7.